The standard InChI is InChI=1S/C11H16N6/c1-7-4-10(8(2)14-13-7)11(12)5-9-6-17(3)16-15-9/h4,6,11H,5,12H2,1-3H3. The van der Waals surface area contributed by atoms with Crippen LogP contribution in [0.4, 0.5) is 0 Å². The third-order valence-corrected chi connectivity index (χ3v) is 2.62. The normalized spacial score (nSPS) is 12.7. The Morgan fingerprint density at radius 3 is 2.71 bits per heavy atom. The zero-order valence-electron chi connectivity index (χ0n) is 10.3. The monoisotopic (exact) mass is 232 g/mol. The minimum atomic E-state index is -0.124. The molecule has 2 rings (SSSR count). The molecular weight excluding hydrogens is 216 g/mol. The van der Waals surface area contributed by atoms with E-state index in [1.807, 2.05) is 33.2 Å². The summed E-state index contributed by atoms with van der Waals surface area (Å²) in [6.45, 7) is 3.82. The Labute approximate surface area is 99.9 Å². The zero-order valence-corrected chi connectivity index (χ0v) is 10.3. The Morgan fingerprint density at radius 1 is 1.29 bits per heavy atom. The number of nitrogens with zero attached hydrogens (tertiary/aromatic N) is 5. The summed E-state index contributed by atoms with van der Waals surface area (Å²) in [4.78, 5) is 0. The molecular formula is C11H16N6. The summed E-state index contributed by atoms with van der Waals surface area (Å²) >= 11 is 0. The number of hydrogen-bond acceptors (Lipinski definition) is 5. The molecule has 0 aliphatic rings. The van der Waals surface area contributed by atoms with Crippen molar-refractivity contribution in [1.82, 2.24) is 25.2 Å². The van der Waals surface area contributed by atoms with Gasteiger partial charge in [0.05, 0.1) is 17.1 Å². The van der Waals surface area contributed by atoms with Crippen LogP contribution in [0.1, 0.15) is 28.7 Å². The summed E-state index contributed by atoms with van der Waals surface area (Å²) in [6, 6.07) is 1.85. The molecule has 0 saturated carbocycles. The van der Waals surface area contributed by atoms with E-state index in [9.17, 15) is 0 Å². The average molecular weight is 232 g/mol. The topological polar surface area (TPSA) is 82.5 Å². The summed E-state index contributed by atoms with van der Waals surface area (Å²) in [6.07, 6.45) is 2.52. The molecule has 0 amide bonds. The summed E-state index contributed by atoms with van der Waals surface area (Å²) in [5, 5.41) is 16.0. The highest BCUT2D eigenvalue weighted by molar-refractivity contribution is 5.24. The largest absolute Gasteiger partial charge is 0.324 e. The first kappa shape index (κ1) is 11.7. The maximum atomic E-state index is 6.16. The lowest BCUT2D eigenvalue weighted by molar-refractivity contribution is 0.681. The van der Waals surface area contributed by atoms with Gasteiger partial charge in [-0.1, -0.05) is 5.21 Å². The van der Waals surface area contributed by atoms with Gasteiger partial charge in [-0.05, 0) is 25.5 Å². The molecule has 0 aromatic carbocycles. The van der Waals surface area contributed by atoms with Gasteiger partial charge in [-0.15, -0.1) is 5.10 Å². The molecule has 0 saturated heterocycles. The summed E-state index contributed by atoms with van der Waals surface area (Å²) in [5.41, 5.74) is 9.80. The number of hydrogen-bond donors (Lipinski definition) is 1. The molecule has 0 radical (unpaired) electrons. The van der Waals surface area contributed by atoms with Crippen LogP contribution in [0.2, 0.25) is 0 Å². The second-order valence-corrected chi connectivity index (χ2v) is 4.22. The van der Waals surface area contributed by atoms with Gasteiger partial charge in [0.1, 0.15) is 0 Å². The number of rotatable bonds is 3. The van der Waals surface area contributed by atoms with Crippen molar-refractivity contribution in [2.45, 2.75) is 26.3 Å². The third kappa shape index (κ3) is 2.65. The predicted octanol–water partition coefficient (Wildman–Crippen LogP) is 0.464. The molecule has 0 aliphatic heterocycles. The van der Waals surface area contributed by atoms with Gasteiger partial charge in [0.2, 0.25) is 0 Å². The molecule has 0 fully saturated rings. The van der Waals surface area contributed by atoms with Gasteiger partial charge in [-0.25, -0.2) is 0 Å². The van der Waals surface area contributed by atoms with Crippen LogP contribution >= 0.6 is 0 Å². The molecule has 2 aromatic rings. The van der Waals surface area contributed by atoms with Gasteiger partial charge >= 0.3 is 0 Å². The predicted molar refractivity (Wildman–Crippen MR) is 63.1 cm³/mol. The molecule has 2 N–H and O–H groups in total. The fourth-order valence-electron chi connectivity index (χ4n) is 1.77. The highest BCUT2D eigenvalue weighted by Gasteiger charge is 2.13. The SMILES string of the molecule is Cc1cc(C(N)Cc2cn(C)nn2)c(C)nn1. The van der Waals surface area contributed by atoms with Gasteiger partial charge in [-0.3, -0.25) is 4.68 Å². The maximum absolute atomic E-state index is 6.16. The Kier molecular flexibility index (Phi) is 3.14. The van der Waals surface area contributed by atoms with E-state index in [2.05, 4.69) is 20.5 Å². The fraction of sp³-hybridized carbons (Fsp3) is 0.455. The number of aryl methyl sites for hydroxylation is 3. The average Bonchev–Trinajstić information content (AvgIpc) is 2.67. The lowest BCUT2D eigenvalue weighted by Crippen LogP contribution is -2.16. The van der Waals surface area contributed by atoms with E-state index in [-0.39, 0.29) is 6.04 Å². The van der Waals surface area contributed by atoms with Crippen LogP contribution in [-0.4, -0.2) is 25.2 Å². The first-order valence-electron chi connectivity index (χ1n) is 5.48. The molecule has 2 aromatic heterocycles. The van der Waals surface area contributed by atoms with Crippen molar-refractivity contribution in [2.24, 2.45) is 12.8 Å². The van der Waals surface area contributed by atoms with Crippen molar-refractivity contribution in [1.29, 1.82) is 0 Å². The molecule has 90 valence electrons. The second kappa shape index (κ2) is 4.58. The molecule has 0 bridgehead atoms. The lowest BCUT2D eigenvalue weighted by Gasteiger charge is -2.12. The molecule has 2 heterocycles. The highest BCUT2D eigenvalue weighted by Crippen LogP contribution is 2.17. The summed E-state index contributed by atoms with van der Waals surface area (Å²) in [7, 11) is 1.84. The van der Waals surface area contributed by atoms with Crippen LogP contribution in [0.25, 0.3) is 0 Å². The van der Waals surface area contributed by atoms with Crippen molar-refractivity contribution < 1.29 is 0 Å². The van der Waals surface area contributed by atoms with Crippen molar-refractivity contribution in [2.75, 3.05) is 0 Å². The lowest BCUT2D eigenvalue weighted by atomic mass is 10.0. The number of aromatic nitrogens is 5. The molecule has 0 aliphatic carbocycles. The van der Waals surface area contributed by atoms with Crippen molar-refractivity contribution >= 4 is 0 Å². The van der Waals surface area contributed by atoms with Crippen LogP contribution in [0.15, 0.2) is 12.3 Å². The quantitative estimate of drug-likeness (QED) is 0.831. The Morgan fingerprint density at radius 2 is 2.06 bits per heavy atom. The van der Waals surface area contributed by atoms with Crippen molar-refractivity contribution in [3.05, 3.63) is 34.9 Å². The van der Waals surface area contributed by atoms with Crippen LogP contribution in [0.5, 0.6) is 0 Å². The van der Waals surface area contributed by atoms with E-state index >= 15 is 0 Å². The van der Waals surface area contributed by atoms with E-state index in [4.69, 9.17) is 5.73 Å². The highest BCUT2D eigenvalue weighted by atomic mass is 15.4. The molecule has 6 heteroatoms. The van der Waals surface area contributed by atoms with Crippen LogP contribution in [0, 0.1) is 13.8 Å². The smallest absolute Gasteiger partial charge is 0.0845 e. The van der Waals surface area contributed by atoms with Gasteiger partial charge in [0.15, 0.2) is 0 Å². The zero-order chi connectivity index (χ0) is 12.4. The van der Waals surface area contributed by atoms with Crippen LogP contribution in [-0.2, 0) is 13.5 Å². The molecule has 17 heavy (non-hydrogen) atoms. The maximum Gasteiger partial charge on any atom is 0.0845 e. The van der Waals surface area contributed by atoms with E-state index in [0.29, 0.717) is 6.42 Å². The second-order valence-electron chi connectivity index (χ2n) is 4.22. The van der Waals surface area contributed by atoms with Gasteiger partial charge in [0.25, 0.3) is 0 Å². The molecule has 1 atom stereocenters. The van der Waals surface area contributed by atoms with Crippen molar-refractivity contribution in [3.8, 4) is 0 Å². The fourth-order valence-corrected chi connectivity index (χ4v) is 1.77. The van der Waals surface area contributed by atoms with Crippen molar-refractivity contribution in [3.63, 3.8) is 0 Å². The Hall–Kier alpha value is -1.82. The number of nitrogens with two attached hydrogens (primary N) is 1. The first-order chi connectivity index (χ1) is 8.06. The molecule has 6 nitrogen and oxygen atoms in total. The van der Waals surface area contributed by atoms with Crippen LogP contribution < -0.4 is 5.73 Å². The minimum absolute atomic E-state index is 0.124. The summed E-state index contributed by atoms with van der Waals surface area (Å²) in [5.74, 6) is 0. The Bertz CT molecular complexity index is 518. The van der Waals surface area contributed by atoms with E-state index in [1.165, 1.54) is 0 Å². The Balaban J connectivity index is 2.19. The summed E-state index contributed by atoms with van der Waals surface area (Å²) < 4.78 is 1.67. The molecule has 1 unspecified atom stereocenters. The van der Waals surface area contributed by atoms with Gasteiger partial charge in [0, 0.05) is 25.7 Å². The van der Waals surface area contributed by atoms with Crippen LogP contribution in [0.3, 0.4) is 0 Å². The minimum Gasteiger partial charge on any atom is -0.324 e. The van der Waals surface area contributed by atoms with E-state index in [1.54, 1.807) is 4.68 Å². The van der Waals surface area contributed by atoms with E-state index in [0.717, 1.165) is 22.6 Å². The third-order valence-electron chi connectivity index (χ3n) is 2.62. The van der Waals surface area contributed by atoms with Gasteiger partial charge in [-0.2, -0.15) is 10.2 Å². The molecule has 0 spiro atoms. The van der Waals surface area contributed by atoms with Gasteiger partial charge < -0.3 is 5.73 Å². The first-order valence-corrected chi connectivity index (χ1v) is 5.48. The van der Waals surface area contributed by atoms with E-state index < -0.39 is 0 Å².